The lowest BCUT2D eigenvalue weighted by Gasteiger charge is -2.15. The summed E-state index contributed by atoms with van der Waals surface area (Å²) in [4.78, 5) is 28.1. The van der Waals surface area contributed by atoms with Crippen molar-refractivity contribution < 1.29 is 14.3 Å². The number of rotatable bonds is 7. The molecule has 0 bridgehead atoms. The maximum absolute atomic E-state index is 12.2. The summed E-state index contributed by atoms with van der Waals surface area (Å²) in [5.41, 5.74) is 1.77. The van der Waals surface area contributed by atoms with Crippen LogP contribution in [0.15, 0.2) is 35.1 Å². The molecule has 1 atom stereocenters. The highest BCUT2D eigenvalue weighted by Gasteiger charge is 2.17. The van der Waals surface area contributed by atoms with Crippen LogP contribution in [-0.2, 0) is 11.3 Å². The molecule has 1 saturated heterocycles. The van der Waals surface area contributed by atoms with E-state index in [-0.39, 0.29) is 17.8 Å². The smallest absolute Gasteiger partial charge is 0.348 e. The van der Waals surface area contributed by atoms with E-state index in [1.807, 2.05) is 31.2 Å². The van der Waals surface area contributed by atoms with Crippen LogP contribution in [0, 0.1) is 13.8 Å². The molecule has 3 rings (SSSR count). The van der Waals surface area contributed by atoms with Crippen molar-refractivity contribution in [1.29, 1.82) is 0 Å². The molecule has 1 aliphatic heterocycles. The molecule has 1 aromatic carbocycles. The number of anilines is 1. The molecule has 1 aliphatic rings. The van der Waals surface area contributed by atoms with E-state index >= 15 is 0 Å². The van der Waals surface area contributed by atoms with Gasteiger partial charge in [0, 0.05) is 31.1 Å². The van der Waals surface area contributed by atoms with Gasteiger partial charge < -0.3 is 20.1 Å². The number of hydrogen-bond donors (Lipinski definition) is 2. The summed E-state index contributed by atoms with van der Waals surface area (Å²) < 4.78 is 12.9. The van der Waals surface area contributed by atoms with E-state index in [1.54, 1.807) is 13.0 Å². The molecule has 28 heavy (non-hydrogen) atoms. The van der Waals surface area contributed by atoms with Gasteiger partial charge in [0.05, 0.1) is 11.8 Å². The van der Waals surface area contributed by atoms with Crippen molar-refractivity contribution in [2.75, 3.05) is 25.1 Å². The first-order valence-electron chi connectivity index (χ1n) is 9.46. The number of aryl methyl sites for hydroxylation is 2. The van der Waals surface area contributed by atoms with E-state index in [2.05, 4.69) is 15.6 Å². The van der Waals surface area contributed by atoms with Crippen LogP contribution in [0.4, 0.5) is 10.5 Å². The largest absolute Gasteiger partial charge is 0.489 e. The Hall–Kier alpha value is -2.87. The predicted octanol–water partition coefficient (Wildman–Crippen LogP) is 2.24. The fourth-order valence-corrected chi connectivity index (χ4v) is 3.15. The fourth-order valence-electron chi connectivity index (χ4n) is 3.15. The summed E-state index contributed by atoms with van der Waals surface area (Å²) >= 11 is 0. The van der Waals surface area contributed by atoms with Crippen LogP contribution in [0.2, 0.25) is 0 Å². The molecular weight excluding hydrogens is 360 g/mol. The van der Waals surface area contributed by atoms with Gasteiger partial charge in [-0.2, -0.15) is 4.98 Å². The lowest BCUT2D eigenvalue weighted by Crippen LogP contribution is -2.35. The molecule has 0 saturated carbocycles. The third-order valence-electron chi connectivity index (χ3n) is 4.55. The molecule has 1 aromatic heterocycles. The molecule has 2 amide bonds. The Morgan fingerprint density at radius 2 is 2.18 bits per heavy atom. The highest BCUT2D eigenvalue weighted by molar-refractivity contribution is 5.90. The van der Waals surface area contributed by atoms with Gasteiger partial charge >= 0.3 is 11.7 Å². The molecule has 1 fully saturated rings. The first-order chi connectivity index (χ1) is 13.5. The quantitative estimate of drug-likeness (QED) is 0.761. The van der Waals surface area contributed by atoms with E-state index < -0.39 is 0 Å². The molecule has 0 aliphatic carbocycles. The molecule has 2 aromatic rings. The van der Waals surface area contributed by atoms with Crippen LogP contribution in [0.25, 0.3) is 0 Å². The molecule has 150 valence electrons. The Kier molecular flexibility index (Phi) is 6.65. The van der Waals surface area contributed by atoms with Gasteiger partial charge in [-0.1, -0.05) is 12.1 Å². The minimum Gasteiger partial charge on any atom is -0.489 e. The van der Waals surface area contributed by atoms with Crippen molar-refractivity contribution in [3.8, 4) is 5.75 Å². The van der Waals surface area contributed by atoms with Crippen LogP contribution < -0.4 is 21.1 Å². The standard InChI is InChI=1S/C20H26N4O4/c1-14-12-15(2)24(20(26)22-14)10-9-21-19(25)23-17-7-3-4-8-18(17)28-13-16-6-5-11-27-16/h3-4,7-8,12,16H,5-6,9-11,13H2,1-2H3,(H2,21,23,25). The predicted molar refractivity (Wildman–Crippen MR) is 106 cm³/mol. The summed E-state index contributed by atoms with van der Waals surface area (Å²) in [5, 5.41) is 5.55. The number of aromatic nitrogens is 2. The Bertz CT molecular complexity index is 875. The Balaban J connectivity index is 1.51. The number of ether oxygens (including phenoxy) is 2. The minimum absolute atomic E-state index is 0.103. The summed E-state index contributed by atoms with van der Waals surface area (Å²) in [5.74, 6) is 0.600. The Labute approximate surface area is 163 Å². The summed E-state index contributed by atoms with van der Waals surface area (Å²) in [6, 6.07) is 8.75. The van der Waals surface area contributed by atoms with E-state index in [1.165, 1.54) is 4.57 Å². The number of hydrogen-bond acceptors (Lipinski definition) is 5. The fraction of sp³-hybridized carbons (Fsp3) is 0.450. The zero-order valence-corrected chi connectivity index (χ0v) is 16.2. The highest BCUT2D eigenvalue weighted by atomic mass is 16.5. The monoisotopic (exact) mass is 386 g/mol. The zero-order valence-electron chi connectivity index (χ0n) is 16.2. The maximum Gasteiger partial charge on any atom is 0.348 e. The SMILES string of the molecule is Cc1cc(C)n(CCNC(=O)Nc2ccccc2OCC2CCCO2)c(=O)n1. The van der Waals surface area contributed by atoms with E-state index in [4.69, 9.17) is 9.47 Å². The molecule has 0 radical (unpaired) electrons. The van der Waals surface area contributed by atoms with Gasteiger partial charge in [-0.25, -0.2) is 9.59 Å². The van der Waals surface area contributed by atoms with Gasteiger partial charge in [-0.05, 0) is 44.9 Å². The molecule has 2 heterocycles. The van der Waals surface area contributed by atoms with E-state index in [0.717, 1.165) is 25.1 Å². The van der Waals surface area contributed by atoms with Crippen molar-refractivity contribution in [3.05, 3.63) is 52.2 Å². The van der Waals surface area contributed by atoms with Gasteiger partial charge in [0.2, 0.25) is 0 Å². The van der Waals surface area contributed by atoms with Crippen molar-refractivity contribution >= 4 is 11.7 Å². The lowest BCUT2D eigenvalue weighted by molar-refractivity contribution is 0.0682. The van der Waals surface area contributed by atoms with Gasteiger partial charge in [0.1, 0.15) is 12.4 Å². The second-order valence-electron chi connectivity index (χ2n) is 6.80. The second kappa shape index (κ2) is 9.36. The number of carbonyl (C=O) groups is 1. The highest BCUT2D eigenvalue weighted by Crippen LogP contribution is 2.24. The minimum atomic E-state index is -0.362. The van der Waals surface area contributed by atoms with Crippen molar-refractivity contribution in [1.82, 2.24) is 14.9 Å². The Morgan fingerprint density at radius 1 is 1.36 bits per heavy atom. The third-order valence-corrected chi connectivity index (χ3v) is 4.55. The normalized spacial score (nSPS) is 16.0. The number of carbonyl (C=O) groups excluding carboxylic acids is 1. The second-order valence-corrected chi connectivity index (χ2v) is 6.80. The maximum atomic E-state index is 12.2. The summed E-state index contributed by atoms with van der Waals surface area (Å²) in [6.07, 6.45) is 2.14. The molecular formula is C20H26N4O4. The van der Waals surface area contributed by atoms with Crippen LogP contribution in [0.5, 0.6) is 5.75 Å². The van der Waals surface area contributed by atoms with E-state index in [9.17, 15) is 9.59 Å². The molecule has 8 nitrogen and oxygen atoms in total. The summed E-state index contributed by atoms with van der Waals surface area (Å²) in [7, 11) is 0. The lowest BCUT2D eigenvalue weighted by atomic mass is 10.2. The van der Waals surface area contributed by atoms with Crippen LogP contribution in [0.3, 0.4) is 0 Å². The number of amides is 2. The van der Waals surface area contributed by atoms with Crippen molar-refractivity contribution in [2.24, 2.45) is 0 Å². The average molecular weight is 386 g/mol. The number of para-hydroxylation sites is 2. The topological polar surface area (TPSA) is 94.5 Å². The number of nitrogens with zero attached hydrogens (tertiary/aromatic N) is 2. The van der Waals surface area contributed by atoms with Gasteiger partial charge in [0.15, 0.2) is 0 Å². The summed E-state index contributed by atoms with van der Waals surface area (Å²) in [6.45, 7) is 5.51. The van der Waals surface area contributed by atoms with E-state index in [0.29, 0.717) is 36.8 Å². The molecule has 2 N–H and O–H groups in total. The van der Waals surface area contributed by atoms with Gasteiger partial charge in [-0.15, -0.1) is 0 Å². The molecule has 8 heteroatoms. The van der Waals surface area contributed by atoms with Gasteiger partial charge in [-0.3, -0.25) is 4.57 Å². The third kappa shape index (κ3) is 5.32. The van der Waals surface area contributed by atoms with Crippen LogP contribution in [0.1, 0.15) is 24.2 Å². The van der Waals surface area contributed by atoms with Crippen molar-refractivity contribution in [2.45, 2.75) is 39.3 Å². The number of benzene rings is 1. The van der Waals surface area contributed by atoms with Gasteiger partial charge in [0.25, 0.3) is 0 Å². The Morgan fingerprint density at radius 3 is 2.93 bits per heavy atom. The number of urea groups is 1. The molecule has 1 unspecified atom stereocenters. The number of nitrogens with one attached hydrogen (secondary N) is 2. The molecule has 0 spiro atoms. The average Bonchev–Trinajstić information content (AvgIpc) is 3.17. The van der Waals surface area contributed by atoms with Crippen LogP contribution >= 0.6 is 0 Å². The van der Waals surface area contributed by atoms with Crippen molar-refractivity contribution in [3.63, 3.8) is 0 Å². The zero-order chi connectivity index (χ0) is 19.9. The first-order valence-corrected chi connectivity index (χ1v) is 9.46. The first kappa shape index (κ1) is 19.9. The van der Waals surface area contributed by atoms with Crippen LogP contribution in [-0.4, -0.2) is 41.4 Å².